The van der Waals surface area contributed by atoms with Crippen LogP contribution in [0.1, 0.15) is 37.8 Å². The molecule has 1 aromatic carbocycles. The topological polar surface area (TPSA) is 55.8 Å². The molecule has 0 saturated carbocycles. The van der Waals surface area contributed by atoms with Gasteiger partial charge in [0, 0.05) is 24.4 Å². The largest absolute Gasteiger partial charge is 0.463 e. The van der Waals surface area contributed by atoms with Gasteiger partial charge in [0.2, 0.25) is 0 Å². The normalized spacial score (nSPS) is 17.7. The van der Waals surface area contributed by atoms with Gasteiger partial charge in [0.25, 0.3) is 6.47 Å². The van der Waals surface area contributed by atoms with Crippen LogP contribution in [0.2, 0.25) is 0 Å². The van der Waals surface area contributed by atoms with Crippen molar-refractivity contribution in [2.24, 2.45) is 0 Å². The first-order valence-electron chi connectivity index (χ1n) is 8.67. The quantitative estimate of drug-likeness (QED) is 0.536. The lowest BCUT2D eigenvalue weighted by atomic mass is 9.80. The van der Waals surface area contributed by atoms with Gasteiger partial charge in [-0.2, -0.15) is 13.2 Å². The fourth-order valence-electron chi connectivity index (χ4n) is 3.26. The van der Waals surface area contributed by atoms with Gasteiger partial charge in [0.1, 0.15) is 6.61 Å². The molecule has 28 heavy (non-hydrogen) atoms. The van der Waals surface area contributed by atoms with E-state index in [0.29, 0.717) is 28.9 Å². The van der Waals surface area contributed by atoms with Crippen LogP contribution < -0.4 is 0 Å². The van der Waals surface area contributed by atoms with Gasteiger partial charge in [0.05, 0.1) is 17.7 Å². The molecule has 0 spiro atoms. The van der Waals surface area contributed by atoms with Gasteiger partial charge in [-0.3, -0.25) is 4.79 Å². The Bertz CT molecular complexity index is 810. The fourth-order valence-corrected chi connectivity index (χ4v) is 3.26. The highest BCUT2D eigenvalue weighted by Crippen LogP contribution is 2.42. The van der Waals surface area contributed by atoms with Gasteiger partial charge < -0.3 is 14.4 Å². The van der Waals surface area contributed by atoms with Crippen LogP contribution in [-0.4, -0.2) is 37.6 Å². The second kappa shape index (κ2) is 8.50. The van der Waals surface area contributed by atoms with E-state index < -0.39 is 23.6 Å². The van der Waals surface area contributed by atoms with Crippen LogP contribution in [0.3, 0.4) is 0 Å². The summed E-state index contributed by atoms with van der Waals surface area (Å²) in [7, 11) is 1.76. The third-order valence-electron chi connectivity index (χ3n) is 4.87. The smallest absolute Gasteiger partial charge is 0.416 e. The van der Waals surface area contributed by atoms with E-state index in [4.69, 9.17) is 9.47 Å². The van der Waals surface area contributed by atoms with E-state index in [1.165, 1.54) is 12.1 Å². The highest BCUT2D eigenvalue weighted by Gasteiger charge is 2.37. The minimum absolute atomic E-state index is 0.0957. The molecule has 0 amide bonds. The number of carbonyl (C=O) groups excluding carboxylic acids is 2. The maximum absolute atomic E-state index is 12.9. The SMILES string of the molecule is CCOC(=O)C1=C(C)N(C)C(C)=C(COC=O)C1c1ccc(C(F)(F)F)cc1. The van der Waals surface area contributed by atoms with Gasteiger partial charge in [0.15, 0.2) is 0 Å². The number of ether oxygens (including phenoxy) is 2. The third kappa shape index (κ3) is 4.21. The van der Waals surface area contributed by atoms with Crippen molar-refractivity contribution in [3.63, 3.8) is 0 Å². The van der Waals surface area contributed by atoms with Crippen LogP contribution in [0.5, 0.6) is 0 Å². The summed E-state index contributed by atoms with van der Waals surface area (Å²) < 4.78 is 48.9. The van der Waals surface area contributed by atoms with Gasteiger partial charge in [-0.05, 0) is 44.0 Å². The molecule has 0 aliphatic carbocycles. The summed E-state index contributed by atoms with van der Waals surface area (Å²) in [5.41, 5.74) is 1.97. The molecule has 0 aromatic heterocycles. The van der Waals surface area contributed by atoms with E-state index in [1.807, 2.05) is 0 Å². The molecule has 1 unspecified atom stereocenters. The molecular weight excluding hydrogens is 375 g/mol. The first-order chi connectivity index (χ1) is 13.1. The van der Waals surface area contributed by atoms with Crippen molar-refractivity contribution >= 4 is 12.4 Å². The van der Waals surface area contributed by atoms with Gasteiger partial charge in [-0.25, -0.2) is 4.79 Å². The van der Waals surface area contributed by atoms with E-state index >= 15 is 0 Å². The Labute approximate surface area is 161 Å². The lowest BCUT2D eigenvalue weighted by molar-refractivity contribution is -0.139. The Morgan fingerprint density at radius 2 is 1.79 bits per heavy atom. The summed E-state index contributed by atoms with van der Waals surface area (Å²) >= 11 is 0. The Kier molecular flexibility index (Phi) is 6.53. The maximum Gasteiger partial charge on any atom is 0.416 e. The number of benzene rings is 1. The molecule has 152 valence electrons. The Balaban J connectivity index is 2.62. The number of hydrogen-bond donors (Lipinski definition) is 0. The predicted molar refractivity (Wildman–Crippen MR) is 96.0 cm³/mol. The van der Waals surface area contributed by atoms with Crippen LogP contribution in [-0.2, 0) is 25.2 Å². The second-order valence-electron chi connectivity index (χ2n) is 6.35. The van der Waals surface area contributed by atoms with Gasteiger partial charge >= 0.3 is 12.1 Å². The Morgan fingerprint density at radius 3 is 2.29 bits per heavy atom. The van der Waals surface area contributed by atoms with E-state index in [2.05, 4.69) is 0 Å². The minimum atomic E-state index is -4.46. The zero-order chi connectivity index (χ0) is 21.1. The Morgan fingerprint density at radius 1 is 1.18 bits per heavy atom. The second-order valence-corrected chi connectivity index (χ2v) is 6.35. The molecule has 1 heterocycles. The molecular formula is C20H22F3NO4. The molecule has 5 nitrogen and oxygen atoms in total. The Hall–Kier alpha value is -2.77. The molecule has 8 heteroatoms. The highest BCUT2D eigenvalue weighted by atomic mass is 19.4. The molecule has 1 aliphatic heterocycles. The summed E-state index contributed by atoms with van der Waals surface area (Å²) in [5.74, 6) is -1.25. The number of esters is 1. The van der Waals surface area contributed by atoms with Crippen molar-refractivity contribution in [3.05, 3.63) is 57.9 Å². The highest BCUT2D eigenvalue weighted by molar-refractivity contribution is 5.92. The molecule has 0 bridgehead atoms. The van der Waals surface area contributed by atoms with Crippen molar-refractivity contribution in [1.82, 2.24) is 4.90 Å². The van der Waals surface area contributed by atoms with Crippen molar-refractivity contribution in [1.29, 1.82) is 0 Å². The number of nitrogens with zero attached hydrogens (tertiary/aromatic N) is 1. The van der Waals surface area contributed by atoms with Gasteiger partial charge in [-0.1, -0.05) is 12.1 Å². The van der Waals surface area contributed by atoms with Crippen LogP contribution in [0.4, 0.5) is 13.2 Å². The number of alkyl halides is 3. The molecule has 0 saturated heterocycles. The lowest BCUT2D eigenvalue weighted by Gasteiger charge is -2.36. The summed E-state index contributed by atoms with van der Waals surface area (Å²) in [6.45, 7) is 5.56. The molecule has 1 aliphatic rings. The molecule has 0 N–H and O–H groups in total. The average Bonchev–Trinajstić information content (AvgIpc) is 2.64. The van der Waals surface area contributed by atoms with Crippen LogP contribution in [0.15, 0.2) is 46.8 Å². The lowest BCUT2D eigenvalue weighted by Crippen LogP contribution is -2.32. The summed E-state index contributed by atoms with van der Waals surface area (Å²) in [6, 6.07) is 4.61. The van der Waals surface area contributed by atoms with Crippen molar-refractivity contribution in [2.75, 3.05) is 20.3 Å². The van der Waals surface area contributed by atoms with Crippen molar-refractivity contribution < 1.29 is 32.2 Å². The molecule has 2 rings (SSSR count). The number of allylic oxidation sites excluding steroid dienone is 2. The number of halogens is 3. The van der Waals surface area contributed by atoms with Crippen LogP contribution in [0, 0.1) is 0 Å². The van der Waals surface area contributed by atoms with Crippen molar-refractivity contribution in [3.8, 4) is 0 Å². The van der Waals surface area contributed by atoms with Crippen LogP contribution in [0.25, 0.3) is 0 Å². The van der Waals surface area contributed by atoms with Gasteiger partial charge in [-0.15, -0.1) is 0 Å². The maximum atomic E-state index is 12.9. The van der Waals surface area contributed by atoms with E-state index in [0.717, 1.165) is 17.8 Å². The molecule has 0 radical (unpaired) electrons. The number of carbonyl (C=O) groups is 2. The van der Waals surface area contributed by atoms with Crippen LogP contribution >= 0.6 is 0 Å². The average molecular weight is 397 g/mol. The first-order valence-corrected chi connectivity index (χ1v) is 8.67. The molecule has 0 fully saturated rings. The summed E-state index contributed by atoms with van der Waals surface area (Å²) in [6.07, 6.45) is -4.46. The number of rotatable bonds is 6. The standard InChI is InChI=1S/C20H22F3NO4/c1-5-28-19(26)17-13(3)24(4)12(2)16(10-27-11-25)18(17)14-6-8-15(9-7-14)20(21,22)23/h6-9,11,18H,5,10H2,1-4H3. The first kappa shape index (κ1) is 21.5. The van der Waals surface area contributed by atoms with Crippen molar-refractivity contribution in [2.45, 2.75) is 32.9 Å². The predicted octanol–water partition coefficient (Wildman–Crippen LogP) is 4.02. The molecule has 1 atom stereocenters. The van der Waals surface area contributed by atoms with E-state index in [-0.39, 0.29) is 13.2 Å². The number of hydrogen-bond acceptors (Lipinski definition) is 5. The third-order valence-corrected chi connectivity index (χ3v) is 4.87. The minimum Gasteiger partial charge on any atom is -0.463 e. The van der Waals surface area contributed by atoms with E-state index in [1.54, 1.807) is 32.7 Å². The fraction of sp³-hybridized carbons (Fsp3) is 0.400. The zero-order valence-electron chi connectivity index (χ0n) is 16.1. The monoisotopic (exact) mass is 397 g/mol. The summed E-state index contributed by atoms with van der Waals surface area (Å²) in [4.78, 5) is 25.2. The van der Waals surface area contributed by atoms with E-state index in [9.17, 15) is 22.8 Å². The molecule has 1 aromatic rings. The zero-order valence-corrected chi connectivity index (χ0v) is 16.1. The summed E-state index contributed by atoms with van der Waals surface area (Å²) in [5, 5.41) is 0.